The fourth-order valence-electron chi connectivity index (χ4n) is 4.88. The third-order valence-corrected chi connectivity index (χ3v) is 6.37. The monoisotopic (exact) mass is 378 g/mol. The summed E-state index contributed by atoms with van der Waals surface area (Å²) in [6, 6.07) is 11.8. The highest BCUT2D eigenvalue weighted by atomic mass is 16.2. The number of fused-ring (bicyclic) bond motifs is 1. The maximum atomic E-state index is 12.5. The third-order valence-electron chi connectivity index (χ3n) is 6.37. The molecule has 28 heavy (non-hydrogen) atoms. The highest BCUT2D eigenvalue weighted by Crippen LogP contribution is 2.32. The minimum atomic E-state index is 0.0927. The maximum absolute atomic E-state index is 12.5. The van der Waals surface area contributed by atoms with E-state index in [0.717, 1.165) is 22.1 Å². The first-order valence-electron chi connectivity index (χ1n) is 10.8. The lowest BCUT2D eigenvalue weighted by molar-refractivity contribution is -0.117. The molecule has 4 rings (SSSR count). The molecule has 4 heteroatoms. The van der Waals surface area contributed by atoms with E-state index in [2.05, 4.69) is 10.6 Å². The van der Waals surface area contributed by atoms with Gasteiger partial charge in [-0.25, -0.2) is 0 Å². The summed E-state index contributed by atoms with van der Waals surface area (Å²) in [6.45, 7) is 0. The Morgan fingerprint density at radius 1 is 0.679 bits per heavy atom. The van der Waals surface area contributed by atoms with Crippen molar-refractivity contribution in [3.05, 3.63) is 36.4 Å². The molecule has 0 saturated heterocycles. The van der Waals surface area contributed by atoms with Crippen LogP contribution in [0.4, 0.5) is 11.4 Å². The van der Waals surface area contributed by atoms with E-state index in [1.807, 2.05) is 36.4 Å². The Labute approximate surface area is 167 Å². The molecule has 0 aromatic heterocycles. The molecule has 0 spiro atoms. The molecular weight excluding hydrogens is 348 g/mol. The summed E-state index contributed by atoms with van der Waals surface area (Å²) in [7, 11) is 0. The minimum absolute atomic E-state index is 0.0927. The molecule has 0 bridgehead atoms. The molecule has 2 fully saturated rings. The maximum Gasteiger partial charge on any atom is 0.224 e. The van der Waals surface area contributed by atoms with Crippen LogP contribution in [-0.2, 0) is 9.59 Å². The third kappa shape index (κ3) is 4.54. The zero-order chi connectivity index (χ0) is 19.3. The largest absolute Gasteiger partial charge is 0.326 e. The van der Waals surface area contributed by atoms with Crippen molar-refractivity contribution in [3.63, 3.8) is 0 Å². The molecule has 0 aliphatic heterocycles. The molecule has 2 aliphatic rings. The van der Waals surface area contributed by atoms with Crippen molar-refractivity contribution in [2.24, 2.45) is 11.8 Å². The molecule has 4 nitrogen and oxygen atoms in total. The number of amides is 2. The van der Waals surface area contributed by atoms with Crippen molar-refractivity contribution in [1.82, 2.24) is 0 Å². The van der Waals surface area contributed by atoms with Crippen molar-refractivity contribution >= 4 is 34.0 Å². The lowest BCUT2D eigenvalue weighted by Gasteiger charge is -2.15. The van der Waals surface area contributed by atoms with Gasteiger partial charge in [-0.1, -0.05) is 49.9 Å². The van der Waals surface area contributed by atoms with E-state index in [-0.39, 0.29) is 11.8 Å². The van der Waals surface area contributed by atoms with Crippen molar-refractivity contribution in [2.75, 3.05) is 10.6 Å². The summed E-state index contributed by atoms with van der Waals surface area (Å²) in [5.41, 5.74) is 1.65. The molecule has 0 radical (unpaired) electrons. The Balaban J connectivity index is 1.47. The van der Waals surface area contributed by atoms with Crippen LogP contribution in [0.2, 0.25) is 0 Å². The van der Waals surface area contributed by atoms with Crippen molar-refractivity contribution in [1.29, 1.82) is 0 Å². The van der Waals surface area contributed by atoms with Gasteiger partial charge in [-0.2, -0.15) is 0 Å². The number of nitrogens with one attached hydrogen (secondary N) is 2. The number of benzene rings is 2. The van der Waals surface area contributed by atoms with Crippen molar-refractivity contribution < 1.29 is 9.59 Å². The summed E-state index contributed by atoms with van der Waals surface area (Å²) >= 11 is 0. The molecule has 2 aromatic rings. The molecule has 2 amide bonds. The fraction of sp³-hybridized carbons (Fsp3) is 0.500. The van der Waals surface area contributed by atoms with Crippen LogP contribution in [0.1, 0.15) is 64.2 Å². The number of carbonyl (C=O) groups is 2. The van der Waals surface area contributed by atoms with E-state index in [1.54, 1.807) is 0 Å². The Kier molecular flexibility index (Phi) is 5.94. The van der Waals surface area contributed by atoms with Gasteiger partial charge < -0.3 is 10.6 Å². The standard InChI is InChI=1S/C24H30N2O2/c27-23(15-17-7-1-2-8-17)25-21-13-5-12-20-19(21)11-6-14-22(20)26-24(28)16-18-9-3-4-10-18/h5-6,11-14,17-18H,1-4,7-10,15-16H2,(H,25,27)(H,26,28). The predicted octanol–water partition coefficient (Wildman–Crippen LogP) is 5.88. The highest BCUT2D eigenvalue weighted by Gasteiger charge is 2.20. The fourth-order valence-corrected chi connectivity index (χ4v) is 4.88. The van der Waals surface area contributed by atoms with Crippen molar-refractivity contribution in [3.8, 4) is 0 Å². The van der Waals surface area contributed by atoms with Gasteiger partial charge in [0, 0.05) is 35.0 Å². The van der Waals surface area contributed by atoms with Crippen LogP contribution >= 0.6 is 0 Å². The number of carbonyl (C=O) groups excluding carboxylic acids is 2. The zero-order valence-electron chi connectivity index (χ0n) is 16.5. The molecule has 2 saturated carbocycles. The second-order valence-electron chi connectivity index (χ2n) is 8.51. The Morgan fingerprint density at radius 2 is 1.07 bits per heavy atom. The van der Waals surface area contributed by atoms with E-state index in [9.17, 15) is 9.59 Å². The van der Waals surface area contributed by atoms with Gasteiger partial charge in [0.25, 0.3) is 0 Å². The van der Waals surface area contributed by atoms with Crippen LogP contribution < -0.4 is 10.6 Å². The summed E-state index contributed by atoms with van der Waals surface area (Å²) in [5, 5.41) is 8.15. The molecule has 2 aromatic carbocycles. The van der Waals surface area contributed by atoms with E-state index < -0.39 is 0 Å². The molecular formula is C24H30N2O2. The van der Waals surface area contributed by atoms with Crippen LogP contribution in [0, 0.1) is 11.8 Å². The van der Waals surface area contributed by atoms with Gasteiger partial charge in [0.1, 0.15) is 0 Å². The second-order valence-corrected chi connectivity index (χ2v) is 8.51. The van der Waals surface area contributed by atoms with Gasteiger partial charge in [0.15, 0.2) is 0 Å². The van der Waals surface area contributed by atoms with E-state index in [1.165, 1.54) is 51.4 Å². The van der Waals surface area contributed by atoms with Gasteiger partial charge in [0.2, 0.25) is 11.8 Å². The summed E-state index contributed by atoms with van der Waals surface area (Å²) in [4.78, 5) is 25.0. The lowest BCUT2D eigenvalue weighted by Crippen LogP contribution is -2.16. The van der Waals surface area contributed by atoms with Gasteiger partial charge in [-0.3, -0.25) is 9.59 Å². The molecule has 148 valence electrons. The summed E-state index contributed by atoms with van der Waals surface area (Å²) in [5.74, 6) is 1.24. The van der Waals surface area contributed by atoms with E-state index >= 15 is 0 Å². The molecule has 0 heterocycles. The van der Waals surface area contributed by atoms with E-state index in [0.29, 0.717) is 24.7 Å². The first-order chi connectivity index (χ1) is 13.7. The number of anilines is 2. The molecule has 0 atom stereocenters. The first-order valence-corrected chi connectivity index (χ1v) is 10.8. The van der Waals surface area contributed by atoms with Gasteiger partial charge in [-0.15, -0.1) is 0 Å². The lowest BCUT2D eigenvalue weighted by atomic mass is 10.0. The number of rotatable bonds is 6. The van der Waals surface area contributed by atoms with Gasteiger partial charge in [0.05, 0.1) is 0 Å². The Morgan fingerprint density at radius 3 is 1.46 bits per heavy atom. The van der Waals surface area contributed by atoms with Crippen LogP contribution in [0.25, 0.3) is 10.8 Å². The Hall–Kier alpha value is -2.36. The first kappa shape index (κ1) is 19.0. The van der Waals surface area contributed by atoms with Crippen LogP contribution in [0.15, 0.2) is 36.4 Å². The predicted molar refractivity (Wildman–Crippen MR) is 114 cm³/mol. The molecule has 0 unspecified atom stereocenters. The number of hydrogen-bond donors (Lipinski definition) is 2. The van der Waals surface area contributed by atoms with Crippen LogP contribution in [0.5, 0.6) is 0 Å². The Bertz CT molecular complexity index is 778. The number of hydrogen-bond acceptors (Lipinski definition) is 2. The topological polar surface area (TPSA) is 58.2 Å². The molecule has 2 aliphatic carbocycles. The average molecular weight is 379 g/mol. The summed E-state index contributed by atoms with van der Waals surface area (Å²) < 4.78 is 0. The SMILES string of the molecule is O=C(CC1CCCC1)Nc1cccc2c(NC(=O)CC3CCCC3)cccc12. The van der Waals surface area contributed by atoms with Crippen molar-refractivity contribution in [2.45, 2.75) is 64.2 Å². The smallest absolute Gasteiger partial charge is 0.224 e. The average Bonchev–Trinajstić information content (AvgIpc) is 3.36. The highest BCUT2D eigenvalue weighted by molar-refractivity contribution is 6.09. The minimum Gasteiger partial charge on any atom is -0.326 e. The quantitative estimate of drug-likeness (QED) is 0.660. The van der Waals surface area contributed by atoms with E-state index in [4.69, 9.17) is 0 Å². The van der Waals surface area contributed by atoms with Gasteiger partial charge >= 0.3 is 0 Å². The molecule has 2 N–H and O–H groups in total. The normalized spacial score (nSPS) is 17.9. The second kappa shape index (κ2) is 8.76. The van der Waals surface area contributed by atoms with Crippen LogP contribution in [0.3, 0.4) is 0 Å². The van der Waals surface area contributed by atoms with Crippen LogP contribution in [-0.4, -0.2) is 11.8 Å². The summed E-state index contributed by atoms with van der Waals surface area (Å²) in [6.07, 6.45) is 10.9. The zero-order valence-corrected chi connectivity index (χ0v) is 16.5. The van der Waals surface area contributed by atoms with Gasteiger partial charge in [-0.05, 0) is 49.7 Å².